The molecule has 1 aromatic heterocycles. The van der Waals surface area contributed by atoms with Gasteiger partial charge >= 0.3 is 0 Å². The number of amides is 1. The minimum Gasteiger partial charge on any atom is -0.365 e. The quantitative estimate of drug-likeness (QED) is 0.939. The Morgan fingerprint density at radius 1 is 1.41 bits per heavy atom. The van der Waals surface area contributed by atoms with Gasteiger partial charge in [0.2, 0.25) is 0 Å². The van der Waals surface area contributed by atoms with E-state index < -0.39 is 0 Å². The fourth-order valence-electron chi connectivity index (χ4n) is 2.40. The van der Waals surface area contributed by atoms with Crippen LogP contribution in [0.3, 0.4) is 0 Å². The number of halogens is 1. The van der Waals surface area contributed by atoms with Crippen LogP contribution in [0.2, 0.25) is 0 Å². The Balaban J connectivity index is 1.79. The molecule has 1 N–H and O–H groups in total. The molecule has 0 aliphatic carbocycles. The van der Waals surface area contributed by atoms with Crippen molar-refractivity contribution < 1.29 is 13.9 Å². The maximum atomic E-state index is 13.0. The largest absolute Gasteiger partial charge is 0.365 e. The van der Waals surface area contributed by atoms with Gasteiger partial charge in [0.1, 0.15) is 11.9 Å². The van der Waals surface area contributed by atoms with Crippen LogP contribution < -0.4 is 5.32 Å². The summed E-state index contributed by atoms with van der Waals surface area (Å²) in [6.45, 7) is 4.46. The zero-order valence-electron chi connectivity index (χ0n) is 12.4. The summed E-state index contributed by atoms with van der Waals surface area (Å²) in [6.07, 6.45) is -0.226. The molecular formula is C15H17FN4O2. The zero-order valence-corrected chi connectivity index (χ0v) is 12.4. The first-order chi connectivity index (χ1) is 10.5. The van der Waals surface area contributed by atoms with Gasteiger partial charge < -0.3 is 10.1 Å². The SMILES string of the molecule is CC(C)NC(=O)c1nnn2c1CO[C@H](c1ccc(F)cc1)C2. The summed E-state index contributed by atoms with van der Waals surface area (Å²) in [7, 11) is 0. The molecule has 1 aromatic carbocycles. The van der Waals surface area contributed by atoms with E-state index in [0.717, 1.165) is 5.56 Å². The van der Waals surface area contributed by atoms with Crippen LogP contribution in [-0.2, 0) is 17.9 Å². The first-order valence-electron chi connectivity index (χ1n) is 7.15. The van der Waals surface area contributed by atoms with E-state index in [-0.39, 0.29) is 30.5 Å². The molecule has 0 fully saturated rings. The molecule has 22 heavy (non-hydrogen) atoms. The Bertz CT molecular complexity index is 681. The van der Waals surface area contributed by atoms with Crippen LogP contribution in [0.1, 0.15) is 41.7 Å². The Hall–Kier alpha value is -2.28. The van der Waals surface area contributed by atoms with Gasteiger partial charge in [0.05, 0.1) is 18.8 Å². The van der Waals surface area contributed by atoms with Crippen molar-refractivity contribution in [1.29, 1.82) is 0 Å². The summed E-state index contributed by atoms with van der Waals surface area (Å²) in [6, 6.07) is 6.21. The van der Waals surface area contributed by atoms with Gasteiger partial charge in [0.25, 0.3) is 5.91 Å². The summed E-state index contributed by atoms with van der Waals surface area (Å²) in [4.78, 5) is 12.1. The third-order valence-electron chi connectivity index (χ3n) is 3.47. The molecule has 3 rings (SSSR count). The van der Waals surface area contributed by atoms with E-state index >= 15 is 0 Å². The highest BCUT2D eigenvalue weighted by Gasteiger charge is 2.27. The van der Waals surface area contributed by atoms with Gasteiger partial charge in [-0.2, -0.15) is 0 Å². The molecule has 0 radical (unpaired) electrons. The summed E-state index contributed by atoms with van der Waals surface area (Å²) >= 11 is 0. The second kappa shape index (κ2) is 5.84. The van der Waals surface area contributed by atoms with Crippen molar-refractivity contribution in [3.05, 3.63) is 47.0 Å². The molecule has 0 unspecified atom stereocenters. The van der Waals surface area contributed by atoms with E-state index in [1.165, 1.54) is 12.1 Å². The van der Waals surface area contributed by atoms with Gasteiger partial charge in [-0.1, -0.05) is 17.3 Å². The monoisotopic (exact) mass is 304 g/mol. The average Bonchev–Trinajstić information content (AvgIpc) is 2.90. The Morgan fingerprint density at radius 2 is 2.14 bits per heavy atom. The number of benzene rings is 1. The number of carbonyl (C=O) groups excluding carboxylic acids is 1. The van der Waals surface area contributed by atoms with E-state index in [1.807, 2.05) is 13.8 Å². The number of aromatic nitrogens is 3. The van der Waals surface area contributed by atoms with Gasteiger partial charge in [-0.3, -0.25) is 4.79 Å². The molecule has 0 saturated heterocycles. The second-order valence-corrected chi connectivity index (χ2v) is 5.55. The predicted octanol–water partition coefficient (Wildman–Crippen LogP) is 1.83. The third-order valence-corrected chi connectivity index (χ3v) is 3.47. The first kappa shape index (κ1) is 14.6. The smallest absolute Gasteiger partial charge is 0.274 e. The van der Waals surface area contributed by atoms with Gasteiger partial charge in [-0.25, -0.2) is 9.07 Å². The lowest BCUT2D eigenvalue weighted by Crippen LogP contribution is -2.32. The van der Waals surface area contributed by atoms with E-state index in [1.54, 1.807) is 16.8 Å². The molecule has 0 saturated carbocycles. The minimum absolute atomic E-state index is 0.0290. The molecule has 0 bridgehead atoms. The second-order valence-electron chi connectivity index (χ2n) is 5.55. The number of ether oxygens (including phenoxy) is 1. The molecule has 2 aromatic rings. The number of nitrogens with one attached hydrogen (secondary N) is 1. The normalized spacial score (nSPS) is 17.4. The zero-order chi connectivity index (χ0) is 15.7. The van der Waals surface area contributed by atoms with Crippen LogP contribution in [0, 0.1) is 5.82 Å². The van der Waals surface area contributed by atoms with Crippen LogP contribution in [0.5, 0.6) is 0 Å². The van der Waals surface area contributed by atoms with Crippen LogP contribution in [0.4, 0.5) is 4.39 Å². The van der Waals surface area contributed by atoms with Gasteiger partial charge in [0, 0.05) is 6.04 Å². The maximum absolute atomic E-state index is 13.0. The summed E-state index contributed by atoms with van der Waals surface area (Å²) in [5.74, 6) is -0.534. The van der Waals surface area contributed by atoms with E-state index in [4.69, 9.17) is 4.74 Å². The summed E-state index contributed by atoms with van der Waals surface area (Å²) in [5.41, 5.74) is 1.83. The summed E-state index contributed by atoms with van der Waals surface area (Å²) in [5, 5.41) is 10.8. The lowest BCUT2D eigenvalue weighted by molar-refractivity contribution is -0.00181. The lowest BCUT2D eigenvalue weighted by atomic mass is 10.1. The molecule has 1 aliphatic heterocycles. The standard InChI is InChI=1S/C15H17FN4O2/c1-9(2)17-15(21)14-12-8-22-13(7-20(12)19-18-14)10-3-5-11(16)6-4-10/h3-6,9,13H,7-8H2,1-2H3,(H,17,21)/t13-/m0/s1. The highest BCUT2D eigenvalue weighted by Crippen LogP contribution is 2.27. The molecule has 7 heteroatoms. The van der Waals surface area contributed by atoms with Crippen molar-refractivity contribution in [2.24, 2.45) is 0 Å². The van der Waals surface area contributed by atoms with E-state index in [9.17, 15) is 9.18 Å². The lowest BCUT2D eigenvalue weighted by Gasteiger charge is -2.24. The van der Waals surface area contributed by atoms with Crippen LogP contribution in [0.25, 0.3) is 0 Å². The molecule has 1 aliphatic rings. The molecule has 0 spiro atoms. The van der Waals surface area contributed by atoms with Crippen LogP contribution in [0.15, 0.2) is 24.3 Å². The van der Waals surface area contributed by atoms with Crippen molar-refractivity contribution in [3.8, 4) is 0 Å². The maximum Gasteiger partial charge on any atom is 0.274 e. The number of hydrogen-bond acceptors (Lipinski definition) is 4. The highest BCUT2D eigenvalue weighted by atomic mass is 19.1. The van der Waals surface area contributed by atoms with Crippen molar-refractivity contribution in [1.82, 2.24) is 20.3 Å². The van der Waals surface area contributed by atoms with Gasteiger partial charge in [0.15, 0.2) is 5.69 Å². The van der Waals surface area contributed by atoms with Crippen molar-refractivity contribution >= 4 is 5.91 Å². The number of hydrogen-bond donors (Lipinski definition) is 1. The van der Waals surface area contributed by atoms with Gasteiger partial charge in [-0.15, -0.1) is 5.10 Å². The number of carbonyl (C=O) groups is 1. The molecule has 6 nitrogen and oxygen atoms in total. The number of nitrogens with zero attached hydrogens (tertiary/aromatic N) is 3. The van der Waals surface area contributed by atoms with E-state index in [0.29, 0.717) is 17.9 Å². The molecule has 2 heterocycles. The van der Waals surface area contributed by atoms with Crippen molar-refractivity contribution in [2.75, 3.05) is 0 Å². The van der Waals surface area contributed by atoms with Crippen LogP contribution >= 0.6 is 0 Å². The minimum atomic E-state index is -0.284. The Labute approximate surface area is 127 Å². The van der Waals surface area contributed by atoms with Crippen molar-refractivity contribution in [2.45, 2.75) is 39.1 Å². The fourth-order valence-corrected chi connectivity index (χ4v) is 2.40. The van der Waals surface area contributed by atoms with Crippen LogP contribution in [-0.4, -0.2) is 26.9 Å². The highest BCUT2D eigenvalue weighted by molar-refractivity contribution is 5.93. The fraction of sp³-hybridized carbons (Fsp3) is 0.400. The molecule has 116 valence electrons. The molecule has 1 amide bonds. The first-order valence-corrected chi connectivity index (χ1v) is 7.15. The predicted molar refractivity (Wildman–Crippen MR) is 76.6 cm³/mol. The number of rotatable bonds is 3. The van der Waals surface area contributed by atoms with Crippen molar-refractivity contribution in [3.63, 3.8) is 0 Å². The average molecular weight is 304 g/mol. The molecular weight excluding hydrogens is 287 g/mol. The Kier molecular flexibility index (Phi) is 3.89. The topological polar surface area (TPSA) is 69.0 Å². The summed E-state index contributed by atoms with van der Waals surface area (Å²) < 4.78 is 20.4. The number of fused-ring (bicyclic) bond motifs is 1. The van der Waals surface area contributed by atoms with Gasteiger partial charge in [-0.05, 0) is 31.5 Å². The van der Waals surface area contributed by atoms with E-state index in [2.05, 4.69) is 15.6 Å². The Morgan fingerprint density at radius 3 is 2.82 bits per heavy atom. The molecule has 1 atom stereocenters. The third kappa shape index (κ3) is 2.85.